The van der Waals surface area contributed by atoms with Gasteiger partial charge >= 0.3 is 5.97 Å². The quantitative estimate of drug-likeness (QED) is 0.577. The highest BCUT2D eigenvalue weighted by Crippen LogP contribution is 2.09. The predicted molar refractivity (Wildman–Crippen MR) is 48.0 cm³/mol. The molecule has 0 fully saturated rings. The second-order valence-electron chi connectivity index (χ2n) is 1.90. The van der Waals surface area contributed by atoms with E-state index in [0.29, 0.717) is 6.61 Å². The minimum Gasteiger partial charge on any atom is -0.459 e. The van der Waals surface area contributed by atoms with Gasteiger partial charge in [0.05, 0.1) is 5.75 Å². The van der Waals surface area contributed by atoms with Gasteiger partial charge in [-0.3, -0.25) is 4.79 Å². The van der Waals surface area contributed by atoms with Crippen molar-refractivity contribution in [1.82, 2.24) is 0 Å². The number of hydrogen-bond acceptors (Lipinski definition) is 4. The molecule has 0 unspecified atom stereocenters. The molecule has 0 saturated carbocycles. The summed E-state index contributed by atoms with van der Waals surface area (Å²) < 4.78 is 4.83. The third kappa shape index (κ3) is 2.95. The van der Waals surface area contributed by atoms with E-state index in [-0.39, 0.29) is 11.7 Å². The number of carbonyl (C=O) groups excluding carboxylic acids is 1. The Kier molecular flexibility index (Phi) is 3.45. The lowest BCUT2D eigenvalue weighted by Gasteiger charge is -1.98. The van der Waals surface area contributed by atoms with Crippen LogP contribution in [0.3, 0.4) is 0 Å². The normalized spacial score (nSPS) is 9.55. The van der Waals surface area contributed by atoms with Crippen LogP contribution in [0.15, 0.2) is 17.5 Å². The topological polar surface area (TPSA) is 26.3 Å². The van der Waals surface area contributed by atoms with Gasteiger partial charge in [-0.05, 0) is 11.4 Å². The minimum atomic E-state index is -0.276. The highest BCUT2D eigenvalue weighted by atomic mass is 32.1. The lowest BCUT2D eigenvalue weighted by atomic mass is 10.5. The van der Waals surface area contributed by atoms with Gasteiger partial charge in [-0.1, -0.05) is 6.07 Å². The van der Waals surface area contributed by atoms with Gasteiger partial charge in [0.15, 0.2) is 0 Å². The zero-order chi connectivity index (χ0) is 8.10. The molecule has 11 heavy (non-hydrogen) atoms. The Labute approximate surface area is 74.6 Å². The Morgan fingerprint density at radius 3 is 3.09 bits per heavy atom. The van der Waals surface area contributed by atoms with E-state index in [1.54, 1.807) is 11.3 Å². The Bertz CT molecular complexity index is 218. The molecular weight excluding hydrogens is 180 g/mol. The smallest absolute Gasteiger partial charge is 0.315 e. The number of hydrogen-bond donors (Lipinski definition) is 1. The molecule has 0 aliphatic heterocycles. The van der Waals surface area contributed by atoms with Crippen LogP contribution < -0.4 is 0 Å². The fourth-order valence-corrected chi connectivity index (χ4v) is 1.30. The van der Waals surface area contributed by atoms with E-state index >= 15 is 0 Å². The van der Waals surface area contributed by atoms with Crippen LogP contribution in [0.25, 0.3) is 0 Å². The first-order valence-corrected chi connectivity index (χ1v) is 4.63. The maximum atomic E-state index is 10.6. The second kappa shape index (κ2) is 4.41. The van der Waals surface area contributed by atoms with Crippen molar-refractivity contribution in [3.05, 3.63) is 22.4 Å². The Morgan fingerprint density at radius 1 is 1.73 bits per heavy atom. The number of thiophene rings is 1. The zero-order valence-electron chi connectivity index (χ0n) is 5.82. The molecule has 0 spiro atoms. The largest absolute Gasteiger partial charge is 0.459 e. The lowest BCUT2D eigenvalue weighted by Crippen LogP contribution is -2.04. The molecule has 4 heteroatoms. The van der Waals surface area contributed by atoms with E-state index in [1.165, 1.54) is 0 Å². The Hall–Kier alpha value is -0.480. The molecule has 0 aliphatic rings. The van der Waals surface area contributed by atoms with E-state index < -0.39 is 0 Å². The van der Waals surface area contributed by atoms with Crippen LogP contribution >= 0.6 is 24.0 Å². The van der Waals surface area contributed by atoms with Crippen LogP contribution in [0.4, 0.5) is 0 Å². The summed E-state index contributed by atoms with van der Waals surface area (Å²) in [5.41, 5.74) is 0. The summed E-state index contributed by atoms with van der Waals surface area (Å²) in [5, 5.41) is 1.95. The maximum absolute atomic E-state index is 10.6. The van der Waals surface area contributed by atoms with E-state index in [1.807, 2.05) is 17.5 Å². The zero-order valence-corrected chi connectivity index (χ0v) is 7.53. The van der Waals surface area contributed by atoms with Crippen LogP contribution in [0.2, 0.25) is 0 Å². The minimum absolute atomic E-state index is 0.144. The molecule has 0 amide bonds. The molecule has 0 bridgehead atoms. The molecule has 0 atom stereocenters. The predicted octanol–water partition coefficient (Wildman–Crippen LogP) is 1.72. The summed E-state index contributed by atoms with van der Waals surface area (Å²) in [6.45, 7) is 0.372. The number of carbonyl (C=O) groups is 1. The third-order valence-corrected chi connectivity index (χ3v) is 2.19. The third-order valence-electron chi connectivity index (χ3n) is 1.08. The van der Waals surface area contributed by atoms with Crippen LogP contribution in [-0.4, -0.2) is 11.7 Å². The lowest BCUT2D eigenvalue weighted by molar-refractivity contribution is -0.141. The monoisotopic (exact) mass is 188 g/mol. The van der Waals surface area contributed by atoms with Gasteiger partial charge in [-0.2, -0.15) is 12.6 Å². The summed E-state index contributed by atoms with van der Waals surface area (Å²) in [6.07, 6.45) is 0. The average Bonchev–Trinajstić information content (AvgIpc) is 2.52. The summed E-state index contributed by atoms with van der Waals surface area (Å²) in [4.78, 5) is 11.7. The number of esters is 1. The van der Waals surface area contributed by atoms with Gasteiger partial charge in [-0.15, -0.1) is 11.3 Å². The summed E-state index contributed by atoms with van der Waals surface area (Å²) in [6, 6.07) is 3.85. The molecule has 60 valence electrons. The van der Waals surface area contributed by atoms with Crippen molar-refractivity contribution in [3.63, 3.8) is 0 Å². The van der Waals surface area contributed by atoms with Crippen molar-refractivity contribution in [2.75, 3.05) is 5.75 Å². The number of rotatable bonds is 3. The molecule has 1 aromatic rings. The molecule has 2 nitrogen and oxygen atoms in total. The standard InChI is InChI=1S/C7H8O2S2/c8-7(5-10)9-4-6-2-1-3-11-6/h1-3,10H,4-5H2. The molecule has 1 rings (SSSR count). The Balaban J connectivity index is 2.29. The maximum Gasteiger partial charge on any atom is 0.315 e. The fourth-order valence-electron chi connectivity index (χ4n) is 0.592. The van der Waals surface area contributed by atoms with Crippen LogP contribution in [0.5, 0.6) is 0 Å². The van der Waals surface area contributed by atoms with Crippen LogP contribution in [0, 0.1) is 0 Å². The molecular formula is C7H8O2S2. The number of ether oxygens (including phenoxy) is 1. The first kappa shape index (κ1) is 8.62. The van der Waals surface area contributed by atoms with Gasteiger partial charge in [0, 0.05) is 4.88 Å². The van der Waals surface area contributed by atoms with Crippen molar-refractivity contribution in [2.45, 2.75) is 6.61 Å². The van der Waals surface area contributed by atoms with Crippen molar-refractivity contribution in [2.24, 2.45) is 0 Å². The van der Waals surface area contributed by atoms with Crippen molar-refractivity contribution < 1.29 is 9.53 Å². The van der Waals surface area contributed by atoms with Crippen LogP contribution in [0.1, 0.15) is 4.88 Å². The van der Waals surface area contributed by atoms with E-state index in [4.69, 9.17) is 4.74 Å². The van der Waals surface area contributed by atoms with Gasteiger partial charge in [-0.25, -0.2) is 0 Å². The first-order chi connectivity index (χ1) is 5.33. The first-order valence-electron chi connectivity index (χ1n) is 3.12. The van der Waals surface area contributed by atoms with Crippen LogP contribution in [-0.2, 0) is 16.1 Å². The summed E-state index contributed by atoms with van der Waals surface area (Å²) >= 11 is 5.35. The van der Waals surface area contributed by atoms with Crippen molar-refractivity contribution in [1.29, 1.82) is 0 Å². The molecule has 0 aliphatic carbocycles. The molecule has 0 radical (unpaired) electrons. The highest BCUT2D eigenvalue weighted by Gasteiger charge is 1.99. The van der Waals surface area contributed by atoms with Gasteiger partial charge in [0.25, 0.3) is 0 Å². The van der Waals surface area contributed by atoms with Gasteiger partial charge in [0.2, 0.25) is 0 Å². The van der Waals surface area contributed by atoms with Gasteiger partial charge in [0.1, 0.15) is 6.61 Å². The fraction of sp³-hybridized carbons (Fsp3) is 0.286. The summed E-state index contributed by atoms with van der Waals surface area (Å²) in [7, 11) is 0. The van der Waals surface area contributed by atoms with E-state index in [0.717, 1.165) is 4.88 Å². The Morgan fingerprint density at radius 2 is 2.55 bits per heavy atom. The average molecular weight is 188 g/mol. The number of thiol groups is 1. The molecule has 0 N–H and O–H groups in total. The molecule has 1 aromatic heterocycles. The van der Waals surface area contributed by atoms with Gasteiger partial charge < -0.3 is 4.74 Å². The molecule has 0 aromatic carbocycles. The molecule has 0 saturated heterocycles. The van der Waals surface area contributed by atoms with E-state index in [9.17, 15) is 4.79 Å². The second-order valence-corrected chi connectivity index (χ2v) is 3.25. The molecule has 1 heterocycles. The SMILES string of the molecule is O=C(CS)OCc1cccs1. The van der Waals surface area contributed by atoms with Crippen molar-refractivity contribution >= 4 is 29.9 Å². The van der Waals surface area contributed by atoms with Crippen molar-refractivity contribution in [3.8, 4) is 0 Å². The van der Waals surface area contributed by atoms with E-state index in [2.05, 4.69) is 12.6 Å². The summed E-state index contributed by atoms with van der Waals surface area (Å²) in [5.74, 6) is -0.132. The highest BCUT2D eigenvalue weighted by molar-refractivity contribution is 7.81.